The maximum Gasteiger partial charge on any atom is 0.322 e. The highest BCUT2D eigenvalue weighted by atomic mass is 16.2. The van der Waals surface area contributed by atoms with Crippen LogP contribution in [0.5, 0.6) is 0 Å². The molecule has 3 N–H and O–H groups in total. The van der Waals surface area contributed by atoms with Crippen molar-refractivity contribution in [1.82, 2.24) is 5.32 Å². The van der Waals surface area contributed by atoms with E-state index in [1.165, 1.54) is 5.56 Å². The summed E-state index contributed by atoms with van der Waals surface area (Å²) in [6, 6.07) is 6.26. The molecule has 1 fully saturated rings. The summed E-state index contributed by atoms with van der Waals surface area (Å²) in [5.41, 5.74) is 8.72. The monoisotopic (exact) mass is 231 g/mol. The Hall–Kier alpha value is -1.71. The highest BCUT2D eigenvalue weighted by molar-refractivity contribution is 5.94. The second-order valence-electron chi connectivity index (χ2n) is 4.87. The summed E-state index contributed by atoms with van der Waals surface area (Å²) >= 11 is 0. The number of urea groups is 1. The first-order chi connectivity index (χ1) is 8.24. The van der Waals surface area contributed by atoms with Crippen LogP contribution in [-0.2, 0) is 6.42 Å². The number of carbonyl (C=O) groups is 1. The number of amides is 2. The van der Waals surface area contributed by atoms with E-state index in [-0.39, 0.29) is 6.03 Å². The number of anilines is 2. The smallest absolute Gasteiger partial charge is 0.322 e. The zero-order chi connectivity index (χ0) is 11.8. The van der Waals surface area contributed by atoms with Crippen LogP contribution in [0, 0.1) is 0 Å². The van der Waals surface area contributed by atoms with Crippen LogP contribution >= 0.6 is 0 Å². The molecule has 17 heavy (non-hydrogen) atoms. The predicted octanol–water partition coefficient (Wildman–Crippen LogP) is 1.89. The molecule has 4 nitrogen and oxygen atoms in total. The molecule has 2 aliphatic rings. The van der Waals surface area contributed by atoms with Crippen molar-refractivity contribution in [3.63, 3.8) is 0 Å². The van der Waals surface area contributed by atoms with Gasteiger partial charge in [0.15, 0.2) is 0 Å². The van der Waals surface area contributed by atoms with Crippen LogP contribution in [0.25, 0.3) is 0 Å². The van der Waals surface area contributed by atoms with Gasteiger partial charge in [0, 0.05) is 18.3 Å². The number of rotatable bonds is 1. The normalized spacial score (nSPS) is 18.7. The molecule has 1 aliphatic heterocycles. The second-order valence-corrected chi connectivity index (χ2v) is 4.87. The fourth-order valence-electron chi connectivity index (χ4n) is 2.28. The van der Waals surface area contributed by atoms with E-state index in [0.29, 0.717) is 6.04 Å². The summed E-state index contributed by atoms with van der Waals surface area (Å²) in [5, 5.41) is 3.03. The molecule has 1 aliphatic carbocycles. The van der Waals surface area contributed by atoms with Crippen LogP contribution in [0.4, 0.5) is 16.2 Å². The lowest BCUT2D eigenvalue weighted by Gasteiger charge is -2.29. The van der Waals surface area contributed by atoms with Crippen LogP contribution in [0.3, 0.4) is 0 Å². The van der Waals surface area contributed by atoms with Crippen molar-refractivity contribution in [2.24, 2.45) is 0 Å². The van der Waals surface area contributed by atoms with E-state index in [2.05, 4.69) is 5.32 Å². The standard InChI is InChI=1S/C13H17N3O/c14-10-4-3-9-2-1-7-16(12(9)8-10)13(17)15-11-5-6-11/h3-4,8,11H,1-2,5-7,14H2,(H,15,17). The van der Waals surface area contributed by atoms with Crippen LogP contribution in [0.15, 0.2) is 18.2 Å². The number of carbonyl (C=O) groups excluding carboxylic acids is 1. The number of benzene rings is 1. The molecule has 0 unspecified atom stereocenters. The molecule has 0 spiro atoms. The highest BCUT2D eigenvalue weighted by Crippen LogP contribution is 2.29. The minimum atomic E-state index is 0.0269. The quantitative estimate of drug-likeness (QED) is 0.725. The molecular weight excluding hydrogens is 214 g/mol. The molecule has 1 heterocycles. The predicted molar refractivity (Wildman–Crippen MR) is 68.1 cm³/mol. The average Bonchev–Trinajstić information content (AvgIpc) is 3.12. The van der Waals surface area contributed by atoms with Gasteiger partial charge in [-0.05, 0) is 43.4 Å². The van der Waals surface area contributed by atoms with Crippen molar-refractivity contribution < 1.29 is 4.79 Å². The number of nitrogens with one attached hydrogen (secondary N) is 1. The molecule has 1 aromatic carbocycles. The minimum absolute atomic E-state index is 0.0269. The van der Waals surface area contributed by atoms with Crippen LogP contribution < -0.4 is 16.0 Å². The van der Waals surface area contributed by atoms with Gasteiger partial charge in [-0.25, -0.2) is 4.79 Å². The molecule has 4 heteroatoms. The molecule has 2 amide bonds. The van der Waals surface area contributed by atoms with Crippen molar-refractivity contribution in [3.05, 3.63) is 23.8 Å². The number of hydrogen-bond acceptors (Lipinski definition) is 2. The lowest BCUT2D eigenvalue weighted by atomic mass is 10.0. The molecule has 0 radical (unpaired) electrons. The number of nitrogens with two attached hydrogens (primary N) is 1. The van der Waals surface area contributed by atoms with Crippen LogP contribution in [-0.4, -0.2) is 18.6 Å². The van der Waals surface area contributed by atoms with E-state index >= 15 is 0 Å². The lowest BCUT2D eigenvalue weighted by molar-refractivity contribution is 0.245. The Kier molecular flexibility index (Phi) is 2.42. The fourth-order valence-corrected chi connectivity index (χ4v) is 2.28. The molecule has 1 saturated carbocycles. The SMILES string of the molecule is Nc1ccc2c(c1)N(C(=O)NC1CC1)CCC2. The zero-order valence-corrected chi connectivity index (χ0v) is 9.78. The van der Waals surface area contributed by atoms with Crippen LogP contribution in [0.2, 0.25) is 0 Å². The van der Waals surface area contributed by atoms with Gasteiger partial charge in [0.25, 0.3) is 0 Å². The third kappa shape index (κ3) is 2.07. The summed E-state index contributed by atoms with van der Waals surface area (Å²) in [6.45, 7) is 0.787. The summed E-state index contributed by atoms with van der Waals surface area (Å²) in [5.74, 6) is 0. The zero-order valence-electron chi connectivity index (χ0n) is 9.78. The van der Waals surface area contributed by atoms with E-state index in [1.54, 1.807) is 0 Å². The molecule has 0 saturated heterocycles. The Bertz CT molecular complexity index is 454. The summed E-state index contributed by atoms with van der Waals surface area (Å²) in [4.78, 5) is 13.9. The van der Waals surface area contributed by atoms with Gasteiger partial charge in [-0.15, -0.1) is 0 Å². The Morgan fingerprint density at radius 2 is 2.24 bits per heavy atom. The summed E-state index contributed by atoms with van der Waals surface area (Å²) in [6.07, 6.45) is 4.28. The number of nitrogens with zero attached hydrogens (tertiary/aromatic N) is 1. The Morgan fingerprint density at radius 1 is 1.41 bits per heavy atom. The molecular formula is C13H17N3O. The number of aryl methyl sites for hydroxylation is 1. The van der Waals surface area contributed by atoms with Gasteiger partial charge < -0.3 is 11.1 Å². The first-order valence-electron chi connectivity index (χ1n) is 6.20. The van der Waals surface area contributed by atoms with Gasteiger partial charge in [-0.3, -0.25) is 4.90 Å². The summed E-state index contributed by atoms with van der Waals surface area (Å²) in [7, 11) is 0. The first kappa shape index (κ1) is 10.4. The van der Waals surface area contributed by atoms with Crippen molar-refractivity contribution >= 4 is 17.4 Å². The Labute approximate surface area is 101 Å². The van der Waals surface area contributed by atoms with E-state index < -0.39 is 0 Å². The Morgan fingerprint density at radius 3 is 3.00 bits per heavy atom. The molecule has 0 aromatic heterocycles. The van der Waals surface area contributed by atoms with Gasteiger partial charge in [-0.1, -0.05) is 6.07 Å². The first-order valence-corrected chi connectivity index (χ1v) is 6.20. The van der Waals surface area contributed by atoms with Gasteiger partial charge >= 0.3 is 6.03 Å². The average molecular weight is 231 g/mol. The van der Waals surface area contributed by atoms with Crippen molar-refractivity contribution in [1.29, 1.82) is 0 Å². The summed E-state index contributed by atoms with van der Waals surface area (Å²) < 4.78 is 0. The van der Waals surface area contributed by atoms with Crippen LogP contribution in [0.1, 0.15) is 24.8 Å². The molecule has 0 bridgehead atoms. The molecule has 3 rings (SSSR count). The highest BCUT2D eigenvalue weighted by Gasteiger charge is 2.28. The van der Waals surface area contributed by atoms with Crippen molar-refractivity contribution in [2.75, 3.05) is 17.2 Å². The molecule has 90 valence electrons. The van der Waals surface area contributed by atoms with Gasteiger partial charge in [0.05, 0.1) is 5.69 Å². The fraction of sp³-hybridized carbons (Fsp3) is 0.462. The molecule has 1 aromatic rings. The lowest BCUT2D eigenvalue weighted by Crippen LogP contribution is -2.43. The third-order valence-corrected chi connectivity index (χ3v) is 3.38. The largest absolute Gasteiger partial charge is 0.399 e. The second kappa shape index (κ2) is 3.95. The van der Waals surface area contributed by atoms with Crippen molar-refractivity contribution in [3.8, 4) is 0 Å². The van der Waals surface area contributed by atoms with Gasteiger partial charge in [-0.2, -0.15) is 0 Å². The van der Waals surface area contributed by atoms with E-state index in [0.717, 1.165) is 43.6 Å². The topological polar surface area (TPSA) is 58.4 Å². The number of nitrogen functional groups attached to an aromatic ring is 1. The molecule has 0 atom stereocenters. The van der Waals surface area contributed by atoms with E-state index in [1.807, 2.05) is 23.1 Å². The van der Waals surface area contributed by atoms with Gasteiger partial charge in [0.1, 0.15) is 0 Å². The maximum absolute atomic E-state index is 12.1. The number of hydrogen-bond donors (Lipinski definition) is 2. The maximum atomic E-state index is 12.1. The van der Waals surface area contributed by atoms with Gasteiger partial charge in [0.2, 0.25) is 0 Å². The van der Waals surface area contributed by atoms with E-state index in [4.69, 9.17) is 5.73 Å². The van der Waals surface area contributed by atoms with E-state index in [9.17, 15) is 4.79 Å². The minimum Gasteiger partial charge on any atom is -0.399 e. The Balaban J connectivity index is 1.86. The van der Waals surface area contributed by atoms with Crippen molar-refractivity contribution in [2.45, 2.75) is 31.7 Å². The number of fused-ring (bicyclic) bond motifs is 1. The third-order valence-electron chi connectivity index (χ3n) is 3.38.